The van der Waals surface area contributed by atoms with Crippen LogP contribution in [0.15, 0.2) is 78.0 Å². The van der Waals surface area contributed by atoms with Gasteiger partial charge in [0.1, 0.15) is 5.75 Å². The van der Waals surface area contributed by atoms with Crippen molar-refractivity contribution >= 4 is 17.4 Å². The number of nitrogens with zero attached hydrogens (tertiary/aromatic N) is 1. The number of fused-ring (bicyclic) bond motifs is 1. The van der Waals surface area contributed by atoms with Crippen LogP contribution in [0.3, 0.4) is 0 Å². The van der Waals surface area contributed by atoms with Crippen molar-refractivity contribution < 1.29 is 4.74 Å². The second kappa shape index (κ2) is 7.28. The molecule has 4 rings (SSSR count). The summed E-state index contributed by atoms with van der Waals surface area (Å²) in [6.45, 7) is 4.67. The van der Waals surface area contributed by atoms with E-state index in [1.54, 1.807) is 7.11 Å². The van der Waals surface area contributed by atoms with Crippen molar-refractivity contribution in [3.05, 3.63) is 84.1 Å². The van der Waals surface area contributed by atoms with Gasteiger partial charge < -0.3 is 10.1 Å². The SMILES string of the molecule is COc1ccc2c(c1)C(Sc1ccccn1)C(C)(C)C(c1ccccc1)N2. The van der Waals surface area contributed by atoms with E-state index in [4.69, 9.17) is 4.74 Å². The summed E-state index contributed by atoms with van der Waals surface area (Å²) in [5.41, 5.74) is 3.69. The Balaban J connectivity index is 1.82. The maximum atomic E-state index is 5.51. The largest absolute Gasteiger partial charge is 0.497 e. The third kappa shape index (κ3) is 3.42. The van der Waals surface area contributed by atoms with Crippen LogP contribution in [0.5, 0.6) is 5.75 Å². The number of rotatable bonds is 4. The first kappa shape index (κ1) is 17.9. The van der Waals surface area contributed by atoms with Crippen LogP contribution < -0.4 is 10.1 Å². The van der Waals surface area contributed by atoms with Crippen molar-refractivity contribution in [1.82, 2.24) is 4.98 Å². The molecule has 0 radical (unpaired) electrons. The number of hydrogen-bond donors (Lipinski definition) is 1. The maximum absolute atomic E-state index is 5.51. The molecule has 0 fully saturated rings. The molecule has 27 heavy (non-hydrogen) atoms. The molecule has 1 aromatic heterocycles. The molecule has 1 N–H and O–H groups in total. The maximum Gasteiger partial charge on any atom is 0.119 e. The molecular weight excluding hydrogens is 352 g/mol. The summed E-state index contributed by atoms with van der Waals surface area (Å²) in [4.78, 5) is 4.56. The fourth-order valence-corrected chi connectivity index (χ4v) is 5.10. The predicted molar refractivity (Wildman–Crippen MR) is 112 cm³/mol. The molecule has 0 amide bonds. The van der Waals surface area contributed by atoms with Gasteiger partial charge in [0, 0.05) is 22.5 Å². The smallest absolute Gasteiger partial charge is 0.119 e. The van der Waals surface area contributed by atoms with Gasteiger partial charge in [-0.1, -0.05) is 62.0 Å². The van der Waals surface area contributed by atoms with E-state index in [1.807, 2.05) is 36.2 Å². The van der Waals surface area contributed by atoms with Gasteiger partial charge in [-0.15, -0.1) is 0 Å². The molecule has 1 aliphatic heterocycles. The van der Waals surface area contributed by atoms with Crippen LogP contribution in [0.1, 0.15) is 36.3 Å². The highest BCUT2D eigenvalue weighted by molar-refractivity contribution is 7.99. The Hall–Kier alpha value is -2.46. The molecule has 0 saturated carbocycles. The minimum atomic E-state index is -0.0388. The Kier molecular flexibility index (Phi) is 4.83. The molecular formula is C23H24N2OS. The molecule has 3 nitrogen and oxygen atoms in total. The molecule has 2 atom stereocenters. The van der Waals surface area contributed by atoms with E-state index < -0.39 is 0 Å². The van der Waals surface area contributed by atoms with Crippen LogP contribution in [0.4, 0.5) is 5.69 Å². The van der Waals surface area contributed by atoms with Crippen LogP contribution in [0, 0.1) is 5.41 Å². The fraction of sp³-hybridized carbons (Fsp3) is 0.261. The lowest BCUT2D eigenvalue weighted by molar-refractivity contribution is 0.287. The molecule has 138 valence electrons. The topological polar surface area (TPSA) is 34.1 Å². The van der Waals surface area contributed by atoms with Crippen molar-refractivity contribution in [2.45, 2.75) is 30.2 Å². The quantitative estimate of drug-likeness (QED) is 0.595. The zero-order valence-corrected chi connectivity index (χ0v) is 16.7. The minimum Gasteiger partial charge on any atom is -0.497 e. The first-order chi connectivity index (χ1) is 13.1. The Morgan fingerprint density at radius 3 is 2.48 bits per heavy atom. The summed E-state index contributed by atoms with van der Waals surface area (Å²) in [6, 6.07) is 23.3. The second-order valence-corrected chi connectivity index (χ2v) is 8.55. The van der Waals surface area contributed by atoms with Gasteiger partial charge in [0.05, 0.1) is 18.2 Å². The van der Waals surface area contributed by atoms with Crippen molar-refractivity contribution in [3.8, 4) is 5.75 Å². The Bertz CT molecular complexity index is 912. The molecule has 2 aromatic carbocycles. The Morgan fingerprint density at radius 1 is 1.00 bits per heavy atom. The third-order valence-electron chi connectivity index (χ3n) is 5.27. The number of hydrogen-bond acceptors (Lipinski definition) is 4. The van der Waals surface area contributed by atoms with E-state index in [0.717, 1.165) is 16.5 Å². The van der Waals surface area contributed by atoms with E-state index >= 15 is 0 Å². The van der Waals surface area contributed by atoms with Crippen LogP contribution in [0.2, 0.25) is 0 Å². The molecule has 3 aromatic rings. The normalized spacial score (nSPS) is 20.4. The van der Waals surface area contributed by atoms with Gasteiger partial charge in [0.25, 0.3) is 0 Å². The highest BCUT2D eigenvalue weighted by Gasteiger charge is 2.44. The van der Waals surface area contributed by atoms with Gasteiger partial charge in [0.15, 0.2) is 0 Å². The first-order valence-corrected chi connectivity index (χ1v) is 10.0. The average Bonchev–Trinajstić information content (AvgIpc) is 2.71. The monoisotopic (exact) mass is 376 g/mol. The van der Waals surface area contributed by atoms with Gasteiger partial charge in [-0.2, -0.15) is 0 Å². The highest BCUT2D eigenvalue weighted by Crippen LogP contribution is 2.58. The zero-order valence-electron chi connectivity index (χ0n) is 15.8. The Labute approximate surface area is 165 Å². The van der Waals surface area contributed by atoms with Gasteiger partial charge >= 0.3 is 0 Å². The number of benzene rings is 2. The molecule has 1 aliphatic rings. The molecule has 0 saturated heterocycles. The number of nitrogens with one attached hydrogen (secondary N) is 1. The predicted octanol–water partition coefficient (Wildman–Crippen LogP) is 6.12. The van der Waals surface area contributed by atoms with Gasteiger partial charge in [-0.25, -0.2) is 4.98 Å². The number of thioether (sulfide) groups is 1. The molecule has 2 heterocycles. The number of anilines is 1. The molecule has 0 bridgehead atoms. The number of pyridine rings is 1. The van der Waals surface area contributed by atoms with Crippen LogP contribution in [0.25, 0.3) is 0 Å². The molecule has 4 heteroatoms. The van der Waals surface area contributed by atoms with E-state index in [-0.39, 0.29) is 16.7 Å². The van der Waals surface area contributed by atoms with Gasteiger partial charge in [-0.05, 0) is 41.5 Å². The summed E-state index contributed by atoms with van der Waals surface area (Å²) < 4.78 is 5.51. The average molecular weight is 377 g/mol. The lowest BCUT2D eigenvalue weighted by atomic mass is 9.72. The van der Waals surface area contributed by atoms with Gasteiger partial charge in [-0.3, -0.25) is 0 Å². The first-order valence-electron chi connectivity index (χ1n) is 9.16. The zero-order chi connectivity index (χ0) is 18.9. The third-order valence-corrected chi connectivity index (χ3v) is 6.85. The van der Waals surface area contributed by atoms with Crippen LogP contribution in [-0.4, -0.2) is 12.1 Å². The van der Waals surface area contributed by atoms with Crippen molar-refractivity contribution in [1.29, 1.82) is 0 Å². The van der Waals surface area contributed by atoms with Crippen LogP contribution in [-0.2, 0) is 0 Å². The summed E-state index contributed by atoms with van der Waals surface area (Å²) in [5.74, 6) is 0.885. The second-order valence-electron chi connectivity index (χ2n) is 7.43. The molecule has 0 spiro atoms. The summed E-state index contributed by atoms with van der Waals surface area (Å²) in [5, 5.41) is 5.06. The molecule has 0 aliphatic carbocycles. The van der Waals surface area contributed by atoms with E-state index in [2.05, 4.69) is 72.7 Å². The van der Waals surface area contributed by atoms with E-state index in [9.17, 15) is 0 Å². The minimum absolute atomic E-state index is 0.0388. The lowest BCUT2D eigenvalue weighted by Crippen LogP contribution is -2.37. The fourth-order valence-electron chi connectivity index (χ4n) is 3.82. The van der Waals surface area contributed by atoms with Crippen molar-refractivity contribution in [2.75, 3.05) is 12.4 Å². The molecule has 2 unspecified atom stereocenters. The van der Waals surface area contributed by atoms with Crippen molar-refractivity contribution in [2.24, 2.45) is 5.41 Å². The van der Waals surface area contributed by atoms with Crippen molar-refractivity contribution in [3.63, 3.8) is 0 Å². The summed E-state index contributed by atoms with van der Waals surface area (Å²) >= 11 is 1.83. The van der Waals surface area contributed by atoms with E-state index in [0.29, 0.717) is 0 Å². The lowest BCUT2D eigenvalue weighted by Gasteiger charge is -2.46. The van der Waals surface area contributed by atoms with E-state index in [1.165, 1.54) is 11.1 Å². The summed E-state index contributed by atoms with van der Waals surface area (Å²) in [7, 11) is 1.72. The number of ether oxygens (including phenoxy) is 1. The highest BCUT2D eigenvalue weighted by atomic mass is 32.2. The van der Waals surface area contributed by atoms with Crippen LogP contribution >= 0.6 is 11.8 Å². The number of aromatic nitrogens is 1. The summed E-state index contributed by atoms with van der Waals surface area (Å²) in [6.07, 6.45) is 1.86. The number of methoxy groups -OCH3 is 1. The van der Waals surface area contributed by atoms with Gasteiger partial charge in [0.2, 0.25) is 0 Å². The standard InChI is InChI=1S/C23H24N2OS/c1-23(2)21(16-9-5-4-6-10-16)25-19-13-12-17(26-3)15-18(19)22(23)27-20-11-7-8-14-24-20/h4-15,21-22,25H,1-3H3. The Morgan fingerprint density at radius 2 is 1.78 bits per heavy atom.